The monoisotopic (exact) mass is 211 g/mol. The van der Waals surface area contributed by atoms with E-state index in [1.165, 1.54) is 0 Å². The molecule has 0 N–H and O–H groups in total. The Labute approximate surface area is 86.7 Å². The van der Waals surface area contributed by atoms with E-state index in [1.807, 2.05) is 0 Å². The van der Waals surface area contributed by atoms with Gasteiger partial charge in [0.1, 0.15) is 16.9 Å². The first-order valence-corrected chi connectivity index (χ1v) is 10.3. The molecule has 0 unspecified atom stereocenters. The van der Waals surface area contributed by atoms with E-state index in [4.69, 9.17) is 0 Å². The molecule has 0 atom stereocenters. The third-order valence-corrected chi connectivity index (χ3v) is 5.85. The van der Waals surface area contributed by atoms with Crippen molar-refractivity contribution in [2.75, 3.05) is 0 Å². The van der Waals surface area contributed by atoms with Gasteiger partial charge in [0.05, 0.1) is 0 Å². The summed E-state index contributed by atoms with van der Waals surface area (Å²) in [5.41, 5.74) is 8.66. The van der Waals surface area contributed by atoms with Gasteiger partial charge >= 0.3 is 0 Å². The molecule has 0 aromatic heterocycles. The molecule has 0 heterocycles. The molecule has 0 aliphatic carbocycles. The van der Waals surface area contributed by atoms with Gasteiger partial charge in [0.25, 0.3) is 0 Å². The maximum atomic E-state index is 3.57. The molecule has 0 saturated carbocycles. The van der Waals surface area contributed by atoms with Crippen LogP contribution in [0.2, 0.25) is 30.7 Å². The molecule has 1 radical (unpaired) electrons. The van der Waals surface area contributed by atoms with Crippen LogP contribution in [-0.2, 0) is 0 Å². The molecule has 0 fully saturated rings. The molecule has 0 aromatic rings. The zero-order valence-electron chi connectivity index (χ0n) is 10.2. The van der Waals surface area contributed by atoms with Gasteiger partial charge in [0.2, 0.25) is 0 Å². The van der Waals surface area contributed by atoms with Crippen LogP contribution in [0.4, 0.5) is 0 Å². The molecule has 13 heavy (non-hydrogen) atoms. The molecule has 0 rings (SSSR count). The van der Waals surface area contributed by atoms with Gasteiger partial charge in [0, 0.05) is 0 Å². The smallest absolute Gasteiger partial charge is 0.140 e. The molecule has 0 spiro atoms. The largest absolute Gasteiger partial charge is 0.149 e. The molecule has 0 bridgehead atoms. The van der Waals surface area contributed by atoms with Crippen LogP contribution in [0.15, 0.2) is 0 Å². The average molecular weight is 211 g/mol. The quantitative estimate of drug-likeness (QED) is 0.482. The minimum atomic E-state index is -1.15. The Balaban J connectivity index is 4.49. The van der Waals surface area contributed by atoms with Gasteiger partial charge in [0.15, 0.2) is 0 Å². The summed E-state index contributed by atoms with van der Waals surface area (Å²) < 4.78 is 0. The first-order chi connectivity index (χ1) is 5.74. The second-order valence-corrected chi connectivity index (χ2v) is 13.5. The van der Waals surface area contributed by atoms with Crippen LogP contribution in [0.1, 0.15) is 27.7 Å². The lowest BCUT2D eigenvalue weighted by atomic mass is 10.5. The Hall–Kier alpha value is -0.00623. The molecule has 0 aliphatic rings. The Kier molecular flexibility index (Phi) is 5.02. The number of hydrogen-bond donors (Lipinski definition) is 0. The molecule has 75 valence electrons. The van der Waals surface area contributed by atoms with Crippen LogP contribution < -0.4 is 0 Å². The molecule has 2 heteroatoms. The highest BCUT2D eigenvalue weighted by Crippen LogP contribution is 2.19. The number of hydrogen-bond acceptors (Lipinski definition) is 0. The minimum Gasteiger partial charge on any atom is -0.140 e. The van der Waals surface area contributed by atoms with E-state index >= 15 is 0 Å². The predicted octanol–water partition coefficient (Wildman–Crippen LogP) is 3.72. The zero-order chi connectivity index (χ0) is 10.6. The summed E-state index contributed by atoms with van der Waals surface area (Å²) in [6.07, 6.45) is 0. The summed E-state index contributed by atoms with van der Waals surface area (Å²) in [5.74, 6) is 0. The summed E-state index contributed by atoms with van der Waals surface area (Å²) >= 11 is 0. The molecule has 0 aliphatic heterocycles. The van der Waals surface area contributed by atoms with Gasteiger partial charge in [-0.1, -0.05) is 47.3 Å². The predicted molar refractivity (Wildman–Crippen MR) is 67.1 cm³/mol. The fourth-order valence-corrected chi connectivity index (χ4v) is 5.20. The van der Waals surface area contributed by atoms with E-state index in [2.05, 4.69) is 58.4 Å². The topological polar surface area (TPSA) is 0 Å². The highest BCUT2D eigenvalue weighted by molar-refractivity contribution is 6.85. The van der Waals surface area contributed by atoms with E-state index < -0.39 is 16.9 Å². The third-order valence-electron chi connectivity index (χ3n) is 1.83. The van der Waals surface area contributed by atoms with Crippen molar-refractivity contribution >= 4 is 16.9 Å². The van der Waals surface area contributed by atoms with Gasteiger partial charge in [-0.15, -0.1) is 11.1 Å². The normalized spacial score (nSPS) is 12.2. The second kappa shape index (κ2) is 5.02. The van der Waals surface area contributed by atoms with Crippen molar-refractivity contribution in [2.45, 2.75) is 58.4 Å². The van der Waals surface area contributed by atoms with Gasteiger partial charge in [-0.25, -0.2) is 0 Å². The maximum Gasteiger partial charge on any atom is 0.149 e. The summed E-state index contributed by atoms with van der Waals surface area (Å²) in [6.45, 7) is 16.2. The van der Waals surface area contributed by atoms with Crippen molar-refractivity contribution < 1.29 is 0 Å². The SMILES string of the molecule is CC(C)[Si](C#C[Si](C)(C)C)C(C)C. The van der Waals surface area contributed by atoms with E-state index in [-0.39, 0.29) is 0 Å². The fourth-order valence-electron chi connectivity index (χ4n) is 1.22. The van der Waals surface area contributed by atoms with Crippen molar-refractivity contribution in [1.29, 1.82) is 0 Å². The van der Waals surface area contributed by atoms with E-state index in [0.29, 0.717) is 0 Å². The van der Waals surface area contributed by atoms with Gasteiger partial charge in [-0.05, 0) is 11.1 Å². The molecule has 0 nitrogen and oxygen atoms in total. The Bertz CT molecular complexity index is 192. The van der Waals surface area contributed by atoms with Crippen molar-refractivity contribution in [3.05, 3.63) is 0 Å². The Morgan fingerprint density at radius 2 is 1.31 bits per heavy atom. The van der Waals surface area contributed by atoms with Gasteiger partial charge in [-0.2, -0.15) is 0 Å². The summed E-state index contributed by atoms with van der Waals surface area (Å²) in [7, 11) is -1.59. The van der Waals surface area contributed by atoms with E-state index in [1.54, 1.807) is 0 Å². The Morgan fingerprint density at radius 3 is 1.54 bits per heavy atom. The van der Waals surface area contributed by atoms with Crippen LogP contribution in [0, 0.1) is 11.1 Å². The highest BCUT2D eigenvalue weighted by Gasteiger charge is 2.18. The highest BCUT2D eigenvalue weighted by atomic mass is 28.3. The first kappa shape index (κ1) is 13.0. The van der Waals surface area contributed by atoms with Crippen LogP contribution in [0.25, 0.3) is 0 Å². The van der Waals surface area contributed by atoms with Crippen molar-refractivity contribution in [3.63, 3.8) is 0 Å². The van der Waals surface area contributed by atoms with E-state index in [9.17, 15) is 0 Å². The Morgan fingerprint density at radius 1 is 0.923 bits per heavy atom. The fraction of sp³-hybridized carbons (Fsp3) is 0.818. The first-order valence-electron chi connectivity index (χ1n) is 5.14. The number of rotatable bonds is 2. The maximum absolute atomic E-state index is 3.57. The molecule has 0 saturated heterocycles. The van der Waals surface area contributed by atoms with Crippen LogP contribution in [0.5, 0.6) is 0 Å². The van der Waals surface area contributed by atoms with Crippen molar-refractivity contribution in [3.8, 4) is 11.1 Å². The van der Waals surface area contributed by atoms with Crippen LogP contribution in [0.3, 0.4) is 0 Å². The summed E-state index contributed by atoms with van der Waals surface area (Å²) in [4.78, 5) is 0. The zero-order valence-corrected chi connectivity index (χ0v) is 12.2. The molecule has 0 amide bonds. The minimum absolute atomic E-state index is 0.438. The molecule has 0 aromatic carbocycles. The van der Waals surface area contributed by atoms with Crippen molar-refractivity contribution in [1.82, 2.24) is 0 Å². The second-order valence-electron chi connectivity index (χ2n) is 5.26. The molecular formula is C11H23Si2. The van der Waals surface area contributed by atoms with E-state index in [0.717, 1.165) is 11.1 Å². The summed E-state index contributed by atoms with van der Waals surface area (Å²) in [5, 5.41) is 0. The lowest BCUT2D eigenvalue weighted by molar-refractivity contribution is 0.954. The van der Waals surface area contributed by atoms with Crippen LogP contribution >= 0.6 is 0 Å². The summed E-state index contributed by atoms with van der Waals surface area (Å²) in [6, 6.07) is 0. The third kappa shape index (κ3) is 6.12. The standard InChI is InChI=1S/C11H23Si2/c1-10(2)12(11(3)4)8-9-13(5,6)7/h10-11H,1-7H3. The lowest BCUT2D eigenvalue weighted by Gasteiger charge is -2.16. The van der Waals surface area contributed by atoms with Crippen LogP contribution in [-0.4, -0.2) is 16.9 Å². The van der Waals surface area contributed by atoms with Crippen molar-refractivity contribution in [2.24, 2.45) is 0 Å². The lowest BCUT2D eigenvalue weighted by Crippen LogP contribution is -2.23. The molecular weight excluding hydrogens is 188 g/mol. The van der Waals surface area contributed by atoms with Gasteiger partial charge < -0.3 is 0 Å². The van der Waals surface area contributed by atoms with Gasteiger partial charge in [-0.3, -0.25) is 0 Å². The average Bonchev–Trinajstić information content (AvgIpc) is 1.82.